The summed E-state index contributed by atoms with van der Waals surface area (Å²) >= 11 is 7.78. The Balaban J connectivity index is 2.15. The van der Waals surface area contributed by atoms with Gasteiger partial charge >= 0.3 is 0 Å². The van der Waals surface area contributed by atoms with Crippen LogP contribution in [-0.2, 0) is 11.5 Å². The van der Waals surface area contributed by atoms with E-state index in [2.05, 4.69) is 9.97 Å². The van der Waals surface area contributed by atoms with Gasteiger partial charge in [-0.25, -0.2) is 18.7 Å². The molecule has 2 aromatic rings. The number of hydrogen-bond donors (Lipinski definition) is 0. The Morgan fingerprint density at radius 2 is 1.84 bits per heavy atom. The number of thioether (sulfide) groups is 1. The first kappa shape index (κ1) is 12.9. The summed E-state index contributed by atoms with van der Waals surface area (Å²) < 4.78 is 27.1. The molecule has 2 nitrogen and oxygen atoms in total. The lowest BCUT2D eigenvalue weighted by Crippen LogP contribution is -2.14. The molecule has 96 valence electrons. The molecule has 7 heteroatoms. The van der Waals surface area contributed by atoms with Crippen LogP contribution >= 0.6 is 23.4 Å². The lowest BCUT2D eigenvalue weighted by molar-refractivity contribution is 0.598. The second-order valence-electron chi connectivity index (χ2n) is 4.32. The van der Waals surface area contributed by atoms with E-state index in [1.54, 1.807) is 11.8 Å². The molecule has 0 unspecified atom stereocenters. The number of benzene rings is 1. The van der Waals surface area contributed by atoms with Crippen LogP contribution < -0.4 is 5.46 Å². The first-order chi connectivity index (χ1) is 9.06. The molecule has 1 aromatic heterocycles. The summed E-state index contributed by atoms with van der Waals surface area (Å²) in [5, 5.41) is 0.367. The molecule has 1 aliphatic rings. The molecule has 1 aliphatic heterocycles. The third-order valence-electron chi connectivity index (χ3n) is 3.07. The molecule has 1 aromatic carbocycles. The quantitative estimate of drug-likeness (QED) is 0.595. The minimum atomic E-state index is -0.607. The van der Waals surface area contributed by atoms with Crippen molar-refractivity contribution in [3.63, 3.8) is 0 Å². The van der Waals surface area contributed by atoms with Crippen LogP contribution in [0.3, 0.4) is 0 Å². The normalized spacial score (nSPS) is 13.6. The lowest BCUT2D eigenvalue weighted by atomic mass is 9.93. The molecule has 0 fully saturated rings. The molecular weight excluding hydrogens is 288 g/mol. The summed E-state index contributed by atoms with van der Waals surface area (Å²) in [6, 6.07) is 2.47. The van der Waals surface area contributed by atoms with Crippen molar-refractivity contribution in [1.82, 2.24) is 9.97 Å². The van der Waals surface area contributed by atoms with Gasteiger partial charge in [0.25, 0.3) is 0 Å². The second-order valence-corrected chi connectivity index (χ2v) is 5.66. The van der Waals surface area contributed by atoms with Crippen molar-refractivity contribution in [3.05, 3.63) is 40.2 Å². The maximum atomic E-state index is 13.6. The van der Waals surface area contributed by atoms with Gasteiger partial charge in [0, 0.05) is 22.6 Å². The Morgan fingerprint density at radius 1 is 1.16 bits per heavy atom. The number of rotatable bonds is 1. The van der Waals surface area contributed by atoms with Crippen molar-refractivity contribution in [3.8, 4) is 11.4 Å². The molecule has 0 amide bonds. The molecule has 0 saturated heterocycles. The van der Waals surface area contributed by atoms with Crippen LogP contribution in [0.2, 0.25) is 5.15 Å². The first-order valence-corrected chi connectivity index (χ1v) is 7.18. The van der Waals surface area contributed by atoms with Gasteiger partial charge in [-0.3, -0.25) is 0 Å². The van der Waals surface area contributed by atoms with Gasteiger partial charge in [0.2, 0.25) is 0 Å². The number of fused-ring (bicyclic) bond motifs is 1. The van der Waals surface area contributed by atoms with E-state index in [1.165, 1.54) is 20.0 Å². The summed E-state index contributed by atoms with van der Waals surface area (Å²) in [6.45, 7) is 0. The Kier molecular flexibility index (Phi) is 3.23. The van der Waals surface area contributed by atoms with Crippen molar-refractivity contribution in [2.45, 2.75) is 11.5 Å². The molecule has 0 N–H and O–H groups in total. The summed E-state index contributed by atoms with van der Waals surface area (Å²) in [7, 11) is 1.39. The monoisotopic (exact) mass is 296 g/mol. The largest absolute Gasteiger partial charge is 0.232 e. The molecule has 0 spiro atoms. The van der Waals surface area contributed by atoms with Crippen molar-refractivity contribution in [1.29, 1.82) is 0 Å². The predicted octanol–water partition coefficient (Wildman–Crippen LogP) is 2.08. The van der Waals surface area contributed by atoms with Gasteiger partial charge in [0.1, 0.15) is 24.6 Å². The van der Waals surface area contributed by atoms with Crippen LogP contribution in [0.1, 0.15) is 11.3 Å². The van der Waals surface area contributed by atoms with Gasteiger partial charge in [0.15, 0.2) is 5.82 Å². The number of aromatic nitrogens is 2. The van der Waals surface area contributed by atoms with Crippen molar-refractivity contribution in [2.24, 2.45) is 0 Å². The van der Waals surface area contributed by atoms with Crippen LogP contribution in [0.25, 0.3) is 11.4 Å². The van der Waals surface area contributed by atoms with Crippen molar-refractivity contribution < 1.29 is 8.78 Å². The zero-order valence-corrected chi connectivity index (χ0v) is 11.6. The third-order valence-corrected chi connectivity index (χ3v) is 4.35. The van der Waals surface area contributed by atoms with E-state index < -0.39 is 11.6 Å². The van der Waals surface area contributed by atoms with Gasteiger partial charge in [-0.1, -0.05) is 11.6 Å². The van der Waals surface area contributed by atoms with Crippen LogP contribution in [0.4, 0.5) is 8.78 Å². The zero-order chi connectivity index (χ0) is 13.6. The summed E-state index contributed by atoms with van der Waals surface area (Å²) in [6.07, 6.45) is 0. The van der Waals surface area contributed by atoms with E-state index in [1.807, 2.05) is 0 Å². The maximum Gasteiger partial charge on any atom is 0.161 e. The van der Waals surface area contributed by atoms with Gasteiger partial charge < -0.3 is 0 Å². The van der Waals surface area contributed by atoms with Gasteiger partial charge in [0.05, 0.1) is 5.69 Å². The fourth-order valence-electron chi connectivity index (χ4n) is 1.92. The van der Waals surface area contributed by atoms with Crippen molar-refractivity contribution in [2.75, 3.05) is 0 Å². The molecule has 0 saturated carbocycles. The molecule has 0 radical (unpaired) electrons. The zero-order valence-electron chi connectivity index (χ0n) is 10.0. The van der Waals surface area contributed by atoms with Crippen LogP contribution in [0, 0.1) is 11.6 Å². The average molecular weight is 297 g/mol. The summed E-state index contributed by atoms with van der Waals surface area (Å²) in [5.41, 5.74) is 2.07. The van der Waals surface area contributed by atoms with Crippen LogP contribution in [0.5, 0.6) is 0 Å². The highest BCUT2D eigenvalue weighted by atomic mass is 35.5. The maximum absolute atomic E-state index is 13.6. The molecule has 2 heterocycles. The second kappa shape index (κ2) is 4.76. The average Bonchev–Trinajstić information content (AvgIpc) is 2.84. The topological polar surface area (TPSA) is 25.8 Å². The Morgan fingerprint density at radius 3 is 2.53 bits per heavy atom. The van der Waals surface area contributed by atoms with Gasteiger partial charge in [-0.2, -0.15) is 11.8 Å². The number of hydrogen-bond acceptors (Lipinski definition) is 3. The highest BCUT2D eigenvalue weighted by Gasteiger charge is 2.20. The van der Waals surface area contributed by atoms with Crippen molar-refractivity contribution >= 4 is 36.7 Å². The molecule has 0 aliphatic carbocycles. The van der Waals surface area contributed by atoms with E-state index >= 15 is 0 Å². The molecule has 3 rings (SSSR count). The van der Waals surface area contributed by atoms with E-state index in [0.29, 0.717) is 10.7 Å². The third kappa shape index (κ3) is 2.23. The predicted molar refractivity (Wildman–Crippen MR) is 75.6 cm³/mol. The SMILES string of the molecule is Bc1c(F)cc(-c2nc(Cl)c3c(n2)CSC3)cc1F. The van der Waals surface area contributed by atoms with Gasteiger partial charge in [-0.15, -0.1) is 0 Å². The molecular formula is C12H8BClF2N2S. The molecule has 0 bridgehead atoms. The Hall–Kier alpha value is -1.14. The minimum Gasteiger partial charge on any atom is -0.232 e. The summed E-state index contributed by atoms with van der Waals surface area (Å²) in [4.78, 5) is 8.48. The fraction of sp³-hybridized carbons (Fsp3) is 0.167. The summed E-state index contributed by atoms with van der Waals surface area (Å²) in [5.74, 6) is 0.588. The standard InChI is InChI=1S/C12H8BClF2N2S/c13-10-7(15)1-5(2-8(10)16)12-17-9-4-19-3-6(9)11(14)18-12/h1-2H,3-4,13H2. The Bertz CT molecular complexity index is 658. The van der Waals surface area contributed by atoms with E-state index in [9.17, 15) is 8.78 Å². The minimum absolute atomic E-state index is 0.00781. The van der Waals surface area contributed by atoms with E-state index in [-0.39, 0.29) is 11.3 Å². The Labute approximate surface area is 119 Å². The van der Waals surface area contributed by atoms with E-state index in [0.717, 1.165) is 22.8 Å². The first-order valence-electron chi connectivity index (χ1n) is 5.65. The molecule has 19 heavy (non-hydrogen) atoms. The van der Waals surface area contributed by atoms with Crippen LogP contribution in [-0.4, -0.2) is 17.8 Å². The number of halogens is 3. The fourth-order valence-corrected chi connectivity index (χ4v) is 3.29. The highest BCUT2D eigenvalue weighted by Crippen LogP contribution is 2.34. The highest BCUT2D eigenvalue weighted by molar-refractivity contribution is 7.98. The smallest absolute Gasteiger partial charge is 0.161 e. The number of nitrogens with zero attached hydrogens (tertiary/aromatic N) is 2. The lowest BCUT2D eigenvalue weighted by Gasteiger charge is -2.07. The molecule has 0 atom stereocenters. The van der Waals surface area contributed by atoms with E-state index in [4.69, 9.17) is 11.6 Å². The van der Waals surface area contributed by atoms with Gasteiger partial charge in [-0.05, 0) is 17.6 Å². The van der Waals surface area contributed by atoms with Crippen LogP contribution in [0.15, 0.2) is 12.1 Å².